The van der Waals surface area contributed by atoms with E-state index in [4.69, 9.17) is 0 Å². The number of para-hydroxylation sites is 2. The quantitative estimate of drug-likeness (QED) is 0.437. The number of carbonyl (C=O) groups excluding carboxylic acids is 1. The van der Waals surface area contributed by atoms with E-state index in [1.165, 1.54) is 23.5 Å². The highest BCUT2D eigenvalue weighted by Crippen LogP contribution is 2.32. The maximum Gasteiger partial charge on any atom is 0.274 e. The van der Waals surface area contributed by atoms with Gasteiger partial charge in [-0.2, -0.15) is 0 Å². The van der Waals surface area contributed by atoms with Gasteiger partial charge in [0.2, 0.25) is 5.95 Å². The van der Waals surface area contributed by atoms with Crippen LogP contribution in [0.4, 0.5) is 10.3 Å². The lowest BCUT2D eigenvalue weighted by Crippen LogP contribution is -2.47. The topological polar surface area (TPSA) is 73.9 Å². The number of H-pyrrole nitrogens is 1. The summed E-state index contributed by atoms with van der Waals surface area (Å²) in [5.41, 5.74) is 3.16. The van der Waals surface area contributed by atoms with E-state index in [2.05, 4.69) is 20.3 Å². The summed E-state index contributed by atoms with van der Waals surface area (Å²) in [4.78, 5) is 28.7. The second-order valence-electron chi connectivity index (χ2n) is 8.05. The normalized spacial score (nSPS) is 16.4. The molecule has 1 aliphatic rings. The molecule has 1 saturated heterocycles. The number of piperidine rings is 1. The number of hydrogen-bond acceptors (Lipinski definition) is 5. The SMILES string of the molecule is Cc1nc(C(=O)N2CCCCC2CNc2nc3ccccc3[nH]2)c(-c2ccc(F)cc2)s1. The van der Waals surface area contributed by atoms with Gasteiger partial charge in [0.1, 0.15) is 11.5 Å². The second kappa shape index (κ2) is 8.70. The van der Waals surface area contributed by atoms with E-state index in [0.717, 1.165) is 45.7 Å². The number of likely N-dealkylation sites (tertiary alicyclic amines) is 1. The minimum absolute atomic E-state index is 0.0486. The van der Waals surface area contributed by atoms with Crippen molar-refractivity contribution in [2.24, 2.45) is 0 Å². The van der Waals surface area contributed by atoms with Gasteiger partial charge in [0, 0.05) is 19.1 Å². The van der Waals surface area contributed by atoms with Crippen molar-refractivity contribution in [1.82, 2.24) is 19.9 Å². The summed E-state index contributed by atoms with van der Waals surface area (Å²) in [6.07, 6.45) is 2.98. The van der Waals surface area contributed by atoms with E-state index >= 15 is 0 Å². The smallest absolute Gasteiger partial charge is 0.274 e. The van der Waals surface area contributed by atoms with Crippen LogP contribution < -0.4 is 5.32 Å². The highest BCUT2D eigenvalue weighted by atomic mass is 32.1. The molecular formula is C24H24FN5OS. The summed E-state index contributed by atoms with van der Waals surface area (Å²) >= 11 is 1.47. The van der Waals surface area contributed by atoms with E-state index in [0.29, 0.717) is 24.7 Å². The summed E-state index contributed by atoms with van der Waals surface area (Å²) in [5, 5.41) is 4.20. The number of thiazole rings is 1. The number of nitrogens with one attached hydrogen (secondary N) is 2. The zero-order valence-electron chi connectivity index (χ0n) is 17.8. The first kappa shape index (κ1) is 20.6. The molecule has 1 fully saturated rings. The van der Waals surface area contributed by atoms with Crippen molar-refractivity contribution in [3.05, 3.63) is 65.0 Å². The minimum atomic E-state index is -0.296. The molecular weight excluding hydrogens is 425 g/mol. The average Bonchev–Trinajstić information content (AvgIpc) is 3.41. The van der Waals surface area contributed by atoms with Gasteiger partial charge < -0.3 is 15.2 Å². The second-order valence-corrected chi connectivity index (χ2v) is 9.25. The van der Waals surface area contributed by atoms with Crippen molar-refractivity contribution < 1.29 is 9.18 Å². The molecule has 1 unspecified atom stereocenters. The maximum atomic E-state index is 13.6. The Balaban J connectivity index is 1.36. The predicted octanol–water partition coefficient (Wildman–Crippen LogP) is 5.24. The number of rotatable bonds is 5. The third-order valence-electron chi connectivity index (χ3n) is 5.83. The molecule has 2 aromatic heterocycles. The lowest BCUT2D eigenvalue weighted by molar-refractivity contribution is 0.0623. The average molecular weight is 450 g/mol. The van der Waals surface area contributed by atoms with Crippen LogP contribution >= 0.6 is 11.3 Å². The van der Waals surface area contributed by atoms with Gasteiger partial charge in [-0.1, -0.05) is 24.3 Å². The van der Waals surface area contributed by atoms with Crippen molar-refractivity contribution in [1.29, 1.82) is 0 Å². The molecule has 1 aliphatic heterocycles. The van der Waals surface area contributed by atoms with Crippen molar-refractivity contribution in [3.8, 4) is 10.4 Å². The van der Waals surface area contributed by atoms with Crippen LogP contribution in [0.15, 0.2) is 48.5 Å². The van der Waals surface area contributed by atoms with Crippen LogP contribution in [0.3, 0.4) is 0 Å². The van der Waals surface area contributed by atoms with Gasteiger partial charge in [0.15, 0.2) is 0 Å². The van der Waals surface area contributed by atoms with E-state index in [9.17, 15) is 9.18 Å². The molecule has 0 bridgehead atoms. The van der Waals surface area contributed by atoms with Crippen molar-refractivity contribution in [2.45, 2.75) is 32.2 Å². The van der Waals surface area contributed by atoms with Gasteiger partial charge in [0.25, 0.3) is 5.91 Å². The number of hydrogen-bond donors (Lipinski definition) is 2. The Bertz CT molecular complexity index is 1220. The molecule has 6 nitrogen and oxygen atoms in total. The van der Waals surface area contributed by atoms with E-state index in [1.54, 1.807) is 12.1 Å². The Labute approximate surface area is 189 Å². The van der Waals surface area contributed by atoms with E-state index in [-0.39, 0.29) is 17.8 Å². The summed E-state index contributed by atoms with van der Waals surface area (Å²) < 4.78 is 13.4. The number of carbonyl (C=O) groups is 1. The Kier molecular flexibility index (Phi) is 5.61. The molecule has 164 valence electrons. The Hall–Kier alpha value is -3.26. The highest BCUT2D eigenvalue weighted by Gasteiger charge is 2.31. The maximum absolute atomic E-state index is 13.6. The number of fused-ring (bicyclic) bond motifs is 1. The zero-order valence-corrected chi connectivity index (χ0v) is 18.6. The van der Waals surface area contributed by atoms with Crippen molar-refractivity contribution in [3.63, 3.8) is 0 Å². The fourth-order valence-corrected chi connectivity index (χ4v) is 5.15. The molecule has 2 N–H and O–H groups in total. The number of anilines is 1. The lowest BCUT2D eigenvalue weighted by Gasteiger charge is -2.35. The Morgan fingerprint density at radius 2 is 2.00 bits per heavy atom. The molecule has 0 radical (unpaired) electrons. The van der Waals surface area contributed by atoms with Gasteiger partial charge >= 0.3 is 0 Å². The first-order chi connectivity index (χ1) is 15.6. The number of amides is 1. The fourth-order valence-electron chi connectivity index (χ4n) is 4.24. The highest BCUT2D eigenvalue weighted by molar-refractivity contribution is 7.15. The van der Waals surface area contributed by atoms with Crippen LogP contribution in [0.2, 0.25) is 0 Å². The van der Waals surface area contributed by atoms with Gasteiger partial charge in [-0.15, -0.1) is 11.3 Å². The molecule has 0 spiro atoms. The molecule has 2 aromatic carbocycles. The summed E-state index contributed by atoms with van der Waals surface area (Å²) in [6, 6.07) is 14.2. The van der Waals surface area contributed by atoms with Crippen LogP contribution in [0, 0.1) is 12.7 Å². The number of aryl methyl sites for hydroxylation is 1. The van der Waals surface area contributed by atoms with E-state index < -0.39 is 0 Å². The molecule has 4 aromatic rings. The monoisotopic (exact) mass is 449 g/mol. The van der Waals surface area contributed by atoms with Crippen LogP contribution in [0.5, 0.6) is 0 Å². The Morgan fingerprint density at radius 3 is 2.81 bits per heavy atom. The number of benzene rings is 2. The molecule has 8 heteroatoms. The summed E-state index contributed by atoms with van der Waals surface area (Å²) in [6.45, 7) is 3.20. The molecule has 1 atom stereocenters. The van der Waals surface area contributed by atoms with Gasteiger partial charge in [-0.05, 0) is 56.0 Å². The number of halogens is 1. The summed E-state index contributed by atoms with van der Waals surface area (Å²) in [7, 11) is 0. The number of aromatic nitrogens is 3. The van der Waals surface area contributed by atoms with Gasteiger partial charge in [-0.3, -0.25) is 4.79 Å². The molecule has 1 amide bonds. The third kappa shape index (κ3) is 4.10. The first-order valence-corrected chi connectivity index (χ1v) is 11.6. The Morgan fingerprint density at radius 1 is 1.19 bits per heavy atom. The van der Waals surface area contributed by atoms with Crippen LogP contribution in [-0.2, 0) is 0 Å². The molecule has 32 heavy (non-hydrogen) atoms. The number of nitrogens with zero attached hydrogens (tertiary/aromatic N) is 3. The van der Waals surface area contributed by atoms with Gasteiger partial charge in [-0.25, -0.2) is 14.4 Å². The lowest BCUT2D eigenvalue weighted by atomic mass is 10.0. The molecule has 0 saturated carbocycles. The van der Waals surface area contributed by atoms with Crippen molar-refractivity contribution >= 4 is 34.2 Å². The molecule has 5 rings (SSSR count). The van der Waals surface area contributed by atoms with E-state index in [1.807, 2.05) is 36.1 Å². The predicted molar refractivity (Wildman–Crippen MR) is 126 cm³/mol. The molecule has 3 heterocycles. The van der Waals surface area contributed by atoms with Crippen LogP contribution in [0.25, 0.3) is 21.5 Å². The van der Waals surface area contributed by atoms with Crippen LogP contribution in [-0.4, -0.2) is 44.9 Å². The largest absolute Gasteiger partial charge is 0.354 e. The minimum Gasteiger partial charge on any atom is -0.354 e. The number of imidazole rings is 1. The van der Waals surface area contributed by atoms with Gasteiger partial charge in [0.05, 0.1) is 20.9 Å². The molecule has 0 aliphatic carbocycles. The first-order valence-electron chi connectivity index (χ1n) is 10.8. The third-order valence-corrected chi connectivity index (χ3v) is 6.85. The summed E-state index contributed by atoms with van der Waals surface area (Å²) in [5.74, 6) is 0.348. The van der Waals surface area contributed by atoms with Crippen molar-refractivity contribution in [2.75, 3.05) is 18.4 Å². The van der Waals surface area contributed by atoms with Crippen LogP contribution in [0.1, 0.15) is 34.8 Å². The zero-order chi connectivity index (χ0) is 22.1. The fraction of sp³-hybridized carbons (Fsp3) is 0.292. The standard InChI is InChI=1S/C24H24FN5OS/c1-15-27-21(22(32-15)16-9-11-17(25)12-10-16)23(31)30-13-5-4-6-18(30)14-26-24-28-19-7-2-3-8-20(19)29-24/h2-3,7-12,18H,4-6,13-14H2,1H3,(H2,26,28,29). The number of aromatic amines is 1.